The Balaban J connectivity index is 1.90. The van der Waals surface area contributed by atoms with Gasteiger partial charge in [-0.1, -0.05) is 30.3 Å². The topological polar surface area (TPSA) is 38.3 Å². The molecule has 1 aliphatic rings. The van der Waals surface area contributed by atoms with Crippen molar-refractivity contribution in [3.05, 3.63) is 35.9 Å². The first-order chi connectivity index (χ1) is 9.31. The van der Waals surface area contributed by atoms with E-state index in [1.165, 1.54) is 5.56 Å². The molecule has 2 rings (SSSR count). The van der Waals surface area contributed by atoms with E-state index in [2.05, 4.69) is 29.6 Å². The predicted molar refractivity (Wildman–Crippen MR) is 75.9 cm³/mol. The van der Waals surface area contributed by atoms with Gasteiger partial charge in [-0.2, -0.15) is 0 Å². The highest BCUT2D eigenvalue weighted by Gasteiger charge is 2.31. The molecular formula is C16H23NO2. The highest BCUT2D eigenvalue weighted by atomic mass is 16.5. The molecule has 1 heterocycles. The van der Waals surface area contributed by atoms with Crippen molar-refractivity contribution in [1.82, 2.24) is 5.32 Å². The first-order valence-corrected chi connectivity index (χ1v) is 7.22. The van der Waals surface area contributed by atoms with E-state index in [-0.39, 0.29) is 11.9 Å². The van der Waals surface area contributed by atoms with Gasteiger partial charge in [-0.25, -0.2) is 0 Å². The minimum absolute atomic E-state index is 0.0254. The Bertz CT molecular complexity index is 391. The summed E-state index contributed by atoms with van der Waals surface area (Å²) in [5, 5.41) is 3.30. The first-order valence-electron chi connectivity index (χ1n) is 7.22. The fourth-order valence-corrected chi connectivity index (χ4v) is 2.78. The van der Waals surface area contributed by atoms with Crippen LogP contribution in [0.5, 0.6) is 0 Å². The summed E-state index contributed by atoms with van der Waals surface area (Å²) in [6, 6.07) is 10.5. The van der Waals surface area contributed by atoms with Crippen molar-refractivity contribution in [2.24, 2.45) is 11.8 Å². The molecule has 0 saturated carbocycles. The normalized spacial score (nSPS) is 23.0. The second-order valence-electron chi connectivity index (χ2n) is 5.14. The molecular weight excluding hydrogens is 238 g/mol. The van der Waals surface area contributed by atoms with Crippen molar-refractivity contribution in [1.29, 1.82) is 0 Å². The standard InChI is InChI=1S/C16H23NO2/c1-2-19-16(18)15-12-17-11-10-14(15)9-8-13-6-4-3-5-7-13/h3-7,14-15,17H,2,8-12H2,1H3/t14-,15+/m0/s1. The highest BCUT2D eigenvalue weighted by Crippen LogP contribution is 2.25. The predicted octanol–water partition coefficient (Wildman–Crippen LogP) is 2.41. The number of ether oxygens (including phenoxy) is 1. The monoisotopic (exact) mass is 261 g/mol. The Morgan fingerprint density at radius 1 is 1.37 bits per heavy atom. The molecule has 0 amide bonds. The van der Waals surface area contributed by atoms with Crippen LogP contribution in [0.3, 0.4) is 0 Å². The summed E-state index contributed by atoms with van der Waals surface area (Å²) in [4.78, 5) is 12.0. The maximum atomic E-state index is 12.0. The summed E-state index contributed by atoms with van der Waals surface area (Å²) in [5.74, 6) is 0.436. The van der Waals surface area contributed by atoms with Gasteiger partial charge in [0.1, 0.15) is 0 Å². The van der Waals surface area contributed by atoms with Crippen LogP contribution in [-0.4, -0.2) is 25.7 Å². The molecule has 3 heteroatoms. The van der Waals surface area contributed by atoms with E-state index in [0.717, 1.165) is 32.4 Å². The molecule has 0 bridgehead atoms. The molecule has 2 atom stereocenters. The van der Waals surface area contributed by atoms with Crippen LogP contribution in [0.15, 0.2) is 30.3 Å². The average Bonchev–Trinajstić information content (AvgIpc) is 2.47. The lowest BCUT2D eigenvalue weighted by Gasteiger charge is -2.30. The summed E-state index contributed by atoms with van der Waals surface area (Å²) >= 11 is 0. The quantitative estimate of drug-likeness (QED) is 0.827. The molecule has 104 valence electrons. The Morgan fingerprint density at radius 3 is 2.89 bits per heavy atom. The van der Waals surface area contributed by atoms with E-state index in [1.807, 2.05) is 13.0 Å². The minimum atomic E-state index is -0.0345. The molecule has 1 N–H and O–H groups in total. The Labute approximate surface area is 115 Å². The van der Waals surface area contributed by atoms with Crippen LogP contribution in [0.1, 0.15) is 25.3 Å². The zero-order valence-corrected chi connectivity index (χ0v) is 11.6. The number of aryl methyl sites for hydroxylation is 1. The summed E-state index contributed by atoms with van der Waals surface area (Å²) in [5.41, 5.74) is 1.35. The van der Waals surface area contributed by atoms with Gasteiger partial charge < -0.3 is 10.1 Å². The fourth-order valence-electron chi connectivity index (χ4n) is 2.78. The van der Waals surface area contributed by atoms with Crippen LogP contribution >= 0.6 is 0 Å². The van der Waals surface area contributed by atoms with Crippen LogP contribution in [0.4, 0.5) is 0 Å². The number of piperidine rings is 1. The third kappa shape index (κ3) is 4.06. The largest absolute Gasteiger partial charge is 0.466 e. The number of carbonyl (C=O) groups is 1. The lowest BCUT2D eigenvalue weighted by molar-refractivity contribution is -0.150. The second kappa shape index (κ2) is 7.29. The van der Waals surface area contributed by atoms with Gasteiger partial charge in [-0.15, -0.1) is 0 Å². The first kappa shape index (κ1) is 14.1. The van der Waals surface area contributed by atoms with E-state index in [0.29, 0.717) is 12.5 Å². The lowest BCUT2D eigenvalue weighted by atomic mass is 9.82. The molecule has 1 aromatic rings. The molecule has 0 aromatic heterocycles. The molecule has 0 unspecified atom stereocenters. The number of rotatable bonds is 5. The number of nitrogens with one attached hydrogen (secondary N) is 1. The van der Waals surface area contributed by atoms with Crippen molar-refractivity contribution in [2.75, 3.05) is 19.7 Å². The fraction of sp³-hybridized carbons (Fsp3) is 0.562. The van der Waals surface area contributed by atoms with Gasteiger partial charge in [0, 0.05) is 6.54 Å². The van der Waals surface area contributed by atoms with Crippen molar-refractivity contribution < 1.29 is 9.53 Å². The summed E-state index contributed by atoms with van der Waals surface area (Å²) in [7, 11) is 0. The number of esters is 1. The third-order valence-corrected chi connectivity index (χ3v) is 3.86. The number of carbonyl (C=O) groups excluding carboxylic acids is 1. The Kier molecular flexibility index (Phi) is 5.40. The van der Waals surface area contributed by atoms with Crippen molar-refractivity contribution in [3.8, 4) is 0 Å². The van der Waals surface area contributed by atoms with Gasteiger partial charge in [0.05, 0.1) is 12.5 Å². The number of benzene rings is 1. The summed E-state index contributed by atoms with van der Waals surface area (Å²) in [6.45, 7) is 4.11. The highest BCUT2D eigenvalue weighted by molar-refractivity contribution is 5.73. The van der Waals surface area contributed by atoms with Gasteiger partial charge >= 0.3 is 5.97 Å². The lowest BCUT2D eigenvalue weighted by Crippen LogP contribution is -2.41. The van der Waals surface area contributed by atoms with Gasteiger partial charge in [-0.05, 0) is 44.2 Å². The van der Waals surface area contributed by atoms with Gasteiger partial charge in [0.25, 0.3) is 0 Å². The molecule has 19 heavy (non-hydrogen) atoms. The summed E-state index contributed by atoms with van der Waals surface area (Å²) in [6.07, 6.45) is 3.17. The molecule has 0 radical (unpaired) electrons. The van der Waals surface area contributed by atoms with Crippen LogP contribution in [0.25, 0.3) is 0 Å². The zero-order chi connectivity index (χ0) is 13.5. The minimum Gasteiger partial charge on any atom is -0.466 e. The van der Waals surface area contributed by atoms with Crippen LogP contribution in [-0.2, 0) is 16.0 Å². The molecule has 3 nitrogen and oxygen atoms in total. The van der Waals surface area contributed by atoms with E-state index < -0.39 is 0 Å². The van der Waals surface area contributed by atoms with Crippen molar-refractivity contribution >= 4 is 5.97 Å². The number of hydrogen-bond acceptors (Lipinski definition) is 3. The molecule has 0 spiro atoms. The molecule has 1 aliphatic heterocycles. The maximum Gasteiger partial charge on any atom is 0.310 e. The number of hydrogen-bond donors (Lipinski definition) is 1. The van der Waals surface area contributed by atoms with Crippen molar-refractivity contribution in [2.45, 2.75) is 26.2 Å². The SMILES string of the molecule is CCOC(=O)[C@@H]1CNCC[C@@H]1CCc1ccccc1. The van der Waals surface area contributed by atoms with E-state index in [9.17, 15) is 4.79 Å². The van der Waals surface area contributed by atoms with Crippen molar-refractivity contribution in [3.63, 3.8) is 0 Å². The Morgan fingerprint density at radius 2 is 2.16 bits per heavy atom. The van der Waals surface area contributed by atoms with E-state index in [1.54, 1.807) is 0 Å². The van der Waals surface area contributed by atoms with Gasteiger partial charge in [0.2, 0.25) is 0 Å². The zero-order valence-electron chi connectivity index (χ0n) is 11.6. The molecule has 0 aliphatic carbocycles. The average molecular weight is 261 g/mol. The maximum absolute atomic E-state index is 12.0. The van der Waals surface area contributed by atoms with Crippen LogP contribution in [0, 0.1) is 11.8 Å². The Hall–Kier alpha value is -1.35. The summed E-state index contributed by atoms with van der Waals surface area (Å²) < 4.78 is 5.18. The molecule has 1 aromatic carbocycles. The second-order valence-corrected chi connectivity index (χ2v) is 5.14. The van der Waals surface area contributed by atoms with Gasteiger partial charge in [0.15, 0.2) is 0 Å². The van der Waals surface area contributed by atoms with Crippen LogP contribution in [0.2, 0.25) is 0 Å². The van der Waals surface area contributed by atoms with E-state index >= 15 is 0 Å². The van der Waals surface area contributed by atoms with Gasteiger partial charge in [-0.3, -0.25) is 4.79 Å². The van der Waals surface area contributed by atoms with Crippen LogP contribution < -0.4 is 5.32 Å². The molecule has 1 saturated heterocycles. The molecule has 1 fully saturated rings. The van der Waals surface area contributed by atoms with E-state index in [4.69, 9.17) is 4.74 Å². The smallest absolute Gasteiger partial charge is 0.310 e. The third-order valence-electron chi connectivity index (χ3n) is 3.86.